The second-order valence-electron chi connectivity index (χ2n) is 10.1. The Morgan fingerprint density at radius 1 is 0.429 bits per heavy atom. The molecule has 5 aromatic carbocycles. The fourth-order valence-electron chi connectivity index (χ4n) is 5.51. The highest BCUT2D eigenvalue weighted by Crippen LogP contribution is 2.32. The summed E-state index contributed by atoms with van der Waals surface area (Å²) < 4.78 is 4.34. The molecule has 0 aliphatic heterocycles. The molecule has 0 aliphatic rings. The lowest BCUT2D eigenvalue weighted by molar-refractivity contribution is 0.937. The Bertz CT molecular complexity index is 2070. The Balaban J connectivity index is 1.23. The molecule has 8 rings (SSSR count). The largest absolute Gasteiger partial charge is 0.286 e. The summed E-state index contributed by atoms with van der Waals surface area (Å²) in [4.78, 5) is 19.4. The number of hydrogen-bond donors (Lipinski definition) is 0. The summed E-state index contributed by atoms with van der Waals surface area (Å²) in [6.45, 7) is 0. The summed E-state index contributed by atoms with van der Waals surface area (Å²) in [6, 6.07) is 45.3. The van der Waals surface area contributed by atoms with Crippen molar-refractivity contribution in [2.24, 2.45) is 0 Å². The third kappa shape index (κ3) is 4.05. The van der Waals surface area contributed by atoms with E-state index in [4.69, 9.17) is 19.9 Å². The molecule has 42 heavy (non-hydrogen) atoms. The van der Waals surface area contributed by atoms with E-state index in [0.29, 0.717) is 17.5 Å². The zero-order valence-electron chi connectivity index (χ0n) is 22.5. The van der Waals surface area contributed by atoms with Crippen molar-refractivity contribution in [2.75, 3.05) is 0 Å². The van der Waals surface area contributed by atoms with Gasteiger partial charge in [-0.3, -0.25) is 9.13 Å². The normalized spacial score (nSPS) is 11.3. The van der Waals surface area contributed by atoms with Gasteiger partial charge in [-0.15, -0.1) is 0 Å². The van der Waals surface area contributed by atoms with Gasteiger partial charge in [0.15, 0.2) is 17.5 Å². The van der Waals surface area contributed by atoms with Crippen LogP contribution in [0.15, 0.2) is 146 Å². The molecular weight excluding hydrogens is 516 g/mol. The average Bonchev–Trinajstić information content (AvgIpc) is 3.68. The zero-order valence-corrected chi connectivity index (χ0v) is 22.5. The van der Waals surface area contributed by atoms with Crippen LogP contribution in [-0.2, 0) is 0 Å². The molecule has 0 N–H and O–H groups in total. The summed E-state index contributed by atoms with van der Waals surface area (Å²) in [5, 5.41) is 2.41. The smallest absolute Gasteiger partial charge is 0.219 e. The summed E-state index contributed by atoms with van der Waals surface area (Å²) in [5.74, 6) is 2.75. The van der Waals surface area contributed by atoms with E-state index in [1.165, 1.54) is 10.8 Å². The first-order chi connectivity index (χ1) is 20.8. The van der Waals surface area contributed by atoms with Gasteiger partial charge in [0.25, 0.3) is 0 Å². The van der Waals surface area contributed by atoms with Crippen LogP contribution < -0.4 is 0 Å². The summed E-state index contributed by atoms with van der Waals surface area (Å²) in [7, 11) is 0. The maximum Gasteiger partial charge on any atom is 0.219 e. The molecule has 198 valence electrons. The van der Waals surface area contributed by atoms with E-state index >= 15 is 0 Å². The topological polar surface area (TPSA) is 61.4 Å². The van der Waals surface area contributed by atoms with E-state index in [-0.39, 0.29) is 0 Å². The van der Waals surface area contributed by atoms with E-state index in [1.807, 2.05) is 73.1 Å². The second kappa shape index (κ2) is 9.94. The zero-order chi connectivity index (χ0) is 27.9. The van der Waals surface area contributed by atoms with Crippen LogP contribution in [0.3, 0.4) is 0 Å². The van der Waals surface area contributed by atoms with Crippen LogP contribution in [-0.4, -0.2) is 29.1 Å². The molecule has 3 heterocycles. The van der Waals surface area contributed by atoms with Crippen LogP contribution in [0, 0.1) is 0 Å². The van der Waals surface area contributed by atoms with Crippen LogP contribution in [0.2, 0.25) is 0 Å². The monoisotopic (exact) mass is 540 g/mol. The number of fused-ring (bicyclic) bond motifs is 3. The van der Waals surface area contributed by atoms with Crippen molar-refractivity contribution in [1.29, 1.82) is 0 Å². The number of rotatable bonds is 5. The van der Waals surface area contributed by atoms with Gasteiger partial charge in [0.2, 0.25) is 5.95 Å². The quantitative estimate of drug-likeness (QED) is 0.221. The van der Waals surface area contributed by atoms with E-state index in [9.17, 15) is 0 Å². The first kappa shape index (κ1) is 24.0. The minimum Gasteiger partial charge on any atom is -0.286 e. The van der Waals surface area contributed by atoms with E-state index in [1.54, 1.807) is 0 Å². The number of aromatic nitrogens is 6. The molecule has 0 aliphatic carbocycles. The first-order valence-corrected chi connectivity index (χ1v) is 13.8. The fraction of sp³-hybridized carbons (Fsp3) is 0. The van der Waals surface area contributed by atoms with Crippen molar-refractivity contribution in [2.45, 2.75) is 0 Å². The number of hydrogen-bond acceptors (Lipinski definition) is 4. The van der Waals surface area contributed by atoms with Gasteiger partial charge in [-0.1, -0.05) is 97.1 Å². The lowest BCUT2D eigenvalue weighted by atomic mass is 10.1. The highest BCUT2D eigenvalue weighted by molar-refractivity contribution is 6.08. The molecule has 0 radical (unpaired) electrons. The second-order valence-corrected chi connectivity index (χ2v) is 10.1. The van der Waals surface area contributed by atoms with Gasteiger partial charge in [0.1, 0.15) is 0 Å². The summed E-state index contributed by atoms with van der Waals surface area (Å²) >= 11 is 0. The third-order valence-corrected chi connectivity index (χ3v) is 7.50. The van der Waals surface area contributed by atoms with E-state index in [0.717, 1.165) is 39.4 Å². The number of benzene rings is 5. The van der Waals surface area contributed by atoms with Gasteiger partial charge >= 0.3 is 0 Å². The van der Waals surface area contributed by atoms with Gasteiger partial charge in [0.05, 0.1) is 11.0 Å². The van der Waals surface area contributed by atoms with Crippen molar-refractivity contribution >= 4 is 21.8 Å². The maximum absolute atomic E-state index is 4.87. The fourth-order valence-corrected chi connectivity index (χ4v) is 5.51. The molecule has 0 saturated heterocycles. The van der Waals surface area contributed by atoms with Crippen molar-refractivity contribution in [3.05, 3.63) is 146 Å². The Hall–Kier alpha value is -5.88. The van der Waals surface area contributed by atoms with E-state index < -0.39 is 0 Å². The Kier molecular flexibility index (Phi) is 5.67. The summed E-state index contributed by atoms with van der Waals surface area (Å²) in [6.07, 6.45) is 3.84. The Labute approximate surface area is 242 Å². The van der Waals surface area contributed by atoms with Crippen LogP contribution in [0.25, 0.3) is 67.6 Å². The number of imidazole rings is 1. The Morgan fingerprint density at radius 3 is 1.40 bits per heavy atom. The molecule has 0 saturated carbocycles. The van der Waals surface area contributed by atoms with Crippen molar-refractivity contribution < 1.29 is 0 Å². The van der Waals surface area contributed by atoms with Gasteiger partial charge < -0.3 is 0 Å². The molecular formula is C36H24N6. The van der Waals surface area contributed by atoms with Gasteiger partial charge in [-0.2, -0.15) is 0 Å². The number of nitrogens with zero attached hydrogens (tertiary/aromatic N) is 6. The van der Waals surface area contributed by atoms with Crippen LogP contribution in [0.5, 0.6) is 0 Å². The molecule has 0 amide bonds. The van der Waals surface area contributed by atoms with Gasteiger partial charge in [-0.25, -0.2) is 19.9 Å². The minimum absolute atomic E-state index is 0.627. The van der Waals surface area contributed by atoms with Crippen LogP contribution >= 0.6 is 0 Å². The van der Waals surface area contributed by atoms with Crippen molar-refractivity contribution in [3.63, 3.8) is 0 Å². The SMILES string of the molecule is c1ccc(-c2nc(-c3ccccc3)nc(-c3ccc(-n4ccnc4-n4c5ccccc5c5ccccc54)cc3)n2)cc1. The molecule has 0 spiro atoms. The van der Waals surface area contributed by atoms with Crippen LogP contribution in [0.1, 0.15) is 0 Å². The summed E-state index contributed by atoms with van der Waals surface area (Å²) in [5.41, 5.74) is 6.04. The first-order valence-electron chi connectivity index (χ1n) is 13.8. The molecule has 0 bridgehead atoms. The van der Waals surface area contributed by atoms with Gasteiger partial charge in [0, 0.05) is 45.5 Å². The van der Waals surface area contributed by atoms with Crippen molar-refractivity contribution in [1.82, 2.24) is 29.1 Å². The molecule has 8 aromatic rings. The standard InChI is InChI=1S/C36H24N6/c1-3-11-25(12-4-1)33-38-34(26-13-5-2-6-14-26)40-35(39-33)27-19-21-28(22-20-27)41-24-23-37-36(41)42-31-17-9-7-15-29(31)30-16-8-10-18-32(30)42/h1-24H. The third-order valence-electron chi connectivity index (χ3n) is 7.50. The highest BCUT2D eigenvalue weighted by Gasteiger charge is 2.17. The number of para-hydroxylation sites is 2. The molecule has 0 atom stereocenters. The lowest BCUT2D eigenvalue weighted by Gasteiger charge is -2.12. The van der Waals surface area contributed by atoms with Gasteiger partial charge in [-0.05, 0) is 36.4 Å². The van der Waals surface area contributed by atoms with E-state index in [2.05, 4.69) is 81.9 Å². The Morgan fingerprint density at radius 2 is 0.881 bits per heavy atom. The molecule has 6 heteroatoms. The maximum atomic E-state index is 4.87. The molecule has 0 unspecified atom stereocenters. The predicted octanol–water partition coefficient (Wildman–Crippen LogP) is 8.16. The molecule has 0 fully saturated rings. The van der Waals surface area contributed by atoms with Crippen LogP contribution in [0.4, 0.5) is 0 Å². The predicted molar refractivity (Wildman–Crippen MR) is 168 cm³/mol. The highest BCUT2D eigenvalue weighted by atomic mass is 15.2. The minimum atomic E-state index is 0.627. The molecule has 3 aromatic heterocycles. The molecule has 6 nitrogen and oxygen atoms in total. The lowest BCUT2D eigenvalue weighted by Crippen LogP contribution is -2.05. The average molecular weight is 541 g/mol. The van der Waals surface area contributed by atoms with Crippen molar-refractivity contribution in [3.8, 4) is 45.8 Å².